The van der Waals surface area contributed by atoms with Gasteiger partial charge in [-0.3, -0.25) is 14.4 Å². The van der Waals surface area contributed by atoms with E-state index in [1.807, 2.05) is 22.4 Å². The van der Waals surface area contributed by atoms with Crippen LogP contribution in [0.25, 0.3) is 0 Å². The van der Waals surface area contributed by atoms with Crippen LogP contribution in [0.1, 0.15) is 61.0 Å². The number of aliphatic carboxylic acids is 1. The standard InChI is InChI=1S/C24H31N3O4S3/c28-20(26-24-25-13-22(34-24)33-15-21(29)30)9-8-18(16-5-2-1-3-6-16)17-10-11-27(14-17)23(31)19-7-4-12-32-19/h4,7,12-13,16-18H,1-3,5-6,8-11,14-15H2,(H,29,30)(H,25,26,28)/t17-,18?/m0/s1. The molecule has 2 N–H and O–H groups in total. The average molecular weight is 522 g/mol. The van der Waals surface area contributed by atoms with Crippen LogP contribution in [0, 0.1) is 17.8 Å². The number of likely N-dealkylation sites (tertiary alicyclic amines) is 1. The summed E-state index contributed by atoms with van der Waals surface area (Å²) < 4.78 is 0.777. The van der Waals surface area contributed by atoms with Crippen molar-refractivity contribution in [1.29, 1.82) is 0 Å². The Morgan fingerprint density at radius 2 is 2.03 bits per heavy atom. The highest BCUT2D eigenvalue weighted by Gasteiger charge is 2.36. The van der Waals surface area contributed by atoms with E-state index in [0.717, 1.165) is 35.0 Å². The maximum atomic E-state index is 12.8. The molecule has 2 amide bonds. The molecule has 2 aromatic heterocycles. The molecular formula is C24H31N3O4S3. The molecule has 34 heavy (non-hydrogen) atoms. The van der Waals surface area contributed by atoms with Gasteiger partial charge in [0.1, 0.15) is 0 Å². The molecule has 2 fully saturated rings. The van der Waals surface area contributed by atoms with Crippen LogP contribution < -0.4 is 5.32 Å². The van der Waals surface area contributed by atoms with E-state index >= 15 is 0 Å². The molecule has 10 heteroatoms. The number of carboxylic acid groups (broad SMARTS) is 1. The number of carbonyl (C=O) groups excluding carboxylic acids is 2. The molecule has 0 radical (unpaired) electrons. The van der Waals surface area contributed by atoms with Gasteiger partial charge >= 0.3 is 5.97 Å². The molecular weight excluding hydrogens is 490 g/mol. The minimum absolute atomic E-state index is 0.0218. The van der Waals surface area contributed by atoms with Crippen LogP contribution in [0.3, 0.4) is 0 Å². The molecule has 0 bridgehead atoms. The van der Waals surface area contributed by atoms with Crippen LogP contribution in [0.2, 0.25) is 0 Å². The van der Waals surface area contributed by atoms with Gasteiger partial charge < -0.3 is 15.3 Å². The van der Waals surface area contributed by atoms with E-state index in [1.165, 1.54) is 66.5 Å². The summed E-state index contributed by atoms with van der Waals surface area (Å²) in [5, 5.41) is 14.2. The van der Waals surface area contributed by atoms with Gasteiger partial charge in [0.2, 0.25) is 5.91 Å². The lowest BCUT2D eigenvalue weighted by molar-refractivity contribution is -0.133. The van der Waals surface area contributed by atoms with E-state index in [9.17, 15) is 14.4 Å². The molecule has 2 atom stereocenters. The number of rotatable bonds is 10. The third-order valence-corrected chi connectivity index (χ3v) is 9.83. The monoisotopic (exact) mass is 521 g/mol. The molecule has 0 aromatic carbocycles. The summed E-state index contributed by atoms with van der Waals surface area (Å²) in [5.41, 5.74) is 0. The SMILES string of the molecule is O=C(O)CSc1cnc(NC(=O)CCC(C2CCCCC2)[C@H]2CCN(C(=O)c3cccs3)C2)s1. The molecule has 1 aliphatic carbocycles. The van der Waals surface area contributed by atoms with Crippen LogP contribution in [0.5, 0.6) is 0 Å². The Morgan fingerprint density at radius 3 is 2.76 bits per heavy atom. The van der Waals surface area contributed by atoms with Crippen molar-refractivity contribution in [2.75, 3.05) is 24.2 Å². The van der Waals surface area contributed by atoms with Gasteiger partial charge in [-0.05, 0) is 42.0 Å². The number of thioether (sulfide) groups is 1. The van der Waals surface area contributed by atoms with Gasteiger partial charge in [0.15, 0.2) is 5.13 Å². The average Bonchev–Trinajstić information content (AvgIpc) is 3.60. The third-order valence-electron chi connectivity index (χ3n) is 6.88. The molecule has 2 aliphatic rings. The second-order valence-electron chi connectivity index (χ2n) is 9.09. The number of anilines is 1. The number of nitrogens with zero attached hydrogens (tertiary/aromatic N) is 2. The van der Waals surface area contributed by atoms with Gasteiger partial charge in [-0.15, -0.1) is 23.1 Å². The topological polar surface area (TPSA) is 99.6 Å². The number of amides is 2. The summed E-state index contributed by atoms with van der Waals surface area (Å²) >= 11 is 4.01. The molecule has 1 aliphatic heterocycles. The van der Waals surface area contributed by atoms with Crippen molar-refractivity contribution >= 4 is 57.4 Å². The highest BCUT2D eigenvalue weighted by atomic mass is 32.2. The van der Waals surface area contributed by atoms with Crippen molar-refractivity contribution in [1.82, 2.24) is 9.88 Å². The second kappa shape index (κ2) is 12.2. The molecule has 4 rings (SSSR count). The lowest BCUT2D eigenvalue weighted by Crippen LogP contribution is -2.32. The Hall–Kier alpha value is -1.91. The number of hydrogen-bond donors (Lipinski definition) is 2. The van der Waals surface area contributed by atoms with E-state index in [-0.39, 0.29) is 17.6 Å². The summed E-state index contributed by atoms with van der Waals surface area (Å²) in [6.07, 6.45) is 10.1. The van der Waals surface area contributed by atoms with Crippen molar-refractivity contribution in [3.8, 4) is 0 Å². The molecule has 184 valence electrons. The van der Waals surface area contributed by atoms with Crippen LogP contribution >= 0.6 is 34.4 Å². The predicted molar refractivity (Wildman–Crippen MR) is 137 cm³/mol. The number of thiophene rings is 1. The summed E-state index contributed by atoms with van der Waals surface area (Å²) in [6, 6.07) is 3.82. The number of hydrogen-bond acceptors (Lipinski definition) is 7. The van der Waals surface area contributed by atoms with Crippen molar-refractivity contribution in [2.45, 2.75) is 55.6 Å². The molecule has 1 unspecified atom stereocenters. The largest absolute Gasteiger partial charge is 0.481 e. The van der Waals surface area contributed by atoms with Crippen molar-refractivity contribution in [3.63, 3.8) is 0 Å². The van der Waals surface area contributed by atoms with E-state index in [4.69, 9.17) is 5.11 Å². The van der Waals surface area contributed by atoms with Crippen LogP contribution in [0.4, 0.5) is 5.13 Å². The second-order valence-corrected chi connectivity index (χ2v) is 12.3. The van der Waals surface area contributed by atoms with E-state index < -0.39 is 5.97 Å². The maximum absolute atomic E-state index is 12.8. The van der Waals surface area contributed by atoms with Crippen molar-refractivity contribution in [3.05, 3.63) is 28.6 Å². The first-order valence-corrected chi connectivity index (χ1v) is 14.6. The first-order valence-electron chi connectivity index (χ1n) is 11.9. The summed E-state index contributed by atoms with van der Waals surface area (Å²) in [5.74, 6) is 0.713. The quantitative estimate of drug-likeness (QED) is 0.403. The molecule has 2 aromatic rings. The molecule has 1 saturated carbocycles. The predicted octanol–water partition coefficient (Wildman–Crippen LogP) is 5.46. The fourth-order valence-corrected chi connectivity index (χ4v) is 7.59. The lowest BCUT2D eigenvalue weighted by atomic mass is 9.72. The first-order chi connectivity index (χ1) is 16.5. The van der Waals surface area contributed by atoms with Gasteiger partial charge in [0.25, 0.3) is 5.91 Å². The first kappa shape index (κ1) is 25.2. The number of nitrogens with one attached hydrogen (secondary N) is 1. The summed E-state index contributed by atoms with van der Waals surface area (Å²) in [6.45, 7) is 1.59. The summed E-state index contributed by atoms with van der Waals surface area (Å²) in [7, 11) is 0. The third kappa shape index (κ3) is 6.82. The number of thiazole rings is 1. The Morgan fingerprint density at radius 1 is 1.21 bits per heavy atom. The summed E-state index contributed by atoms with van der Waals surface area (Å²) in [4.78, 5) is 43.3. The van der Waals surface area contributed by atoms with Crippen LogP contribution in [0.15, 0.2) is 27.9 Å². The van der Waals surface area contributed by atoms with Gasteiger partial charge in [-0.25, -0.2) is 4.98 Å². The Balaban J connectivity index is 1.33. The lowest BCUT2D eigenvalue weighted by Gasteiger charge is -2.34. The van der Waals surface area contributed by atoms with E-state index in [1.54, 1.807) is 6.20 Å². The smallest absolute Gasteiger partial charge is 0.313 e. The minimum Gasteiger partial charge on any atom is -0.481 e. The molecule has 3 heterocycles. The minimum atomic E-state index is -0.875. The number of carboxylic acids is 1. The zero-order valence-corrected chi connectivity index (χ0v) is 21.6. The van der Waals surface area contributed by atoms with Gasteiger partial charge in [-0.1, -0.05) is 49.5 Å². The van der Waals surface area contributed by atoms with E-state index in [0.29, 0.717) is 29.3 Å². The number of aromatic nitrogens is 1. The fraction of sp³-hybridized carbons (Fsp3) is 0.583. The zero-order chi connectivity index (χ0) is 23.9. The fourth-order valence-electron chi connectivity index (χ4n) is 5.29. The molecule has 1 saturated heterocycles. The maximum Gasteiger partial charge on any atom is 0.313 e. The van der Waals surface area contributed by atoms with Gasteiger partial charge in [0, 0.05) is 19.5 Å². The Bertz CT molecular complexity index is 972. The van der Waals surface area contributed by atoms with Crippen LogP contribution in [-0.4, -0.2) is 51.6 Å². The highest BCUT2D eigenvalue weighted by Crippen LogP contribution is 2.40. The van der Waals surface area contributed by atoms with Gasteiger partial charge in [-0.2, -0.15) is 0 Å². The molecule has 7 nitrogen and oxygen atoms in total. The highest BCUT2D eigenvalue weighted by molar-refractivity contribution is 8.01. The normalized spacial score (nSPS) is 19.8. The molecule has 0 spiro atoms. The van der Waals surface area contributed by atoms with Crippen molar-refractivity contribution in [2.24, 2.45) is 17.8 Å². The number of carbonyl (C=O) groups is 3. The van der Waals surface area contributed by atoms with Crippen LogP contribution in [-0.2, 0) is 9.59 Å². The Labute approximate surface area is 212 Å². The Kier molecular flexibility index (Phi) is 9.02. The zero-order valence-electron chi connectivity index (χ0n) is 19.1. The van der Waals surface area contributed by atoms with E-state index in [2.05, 4.69) is 10.3 Å². The van der Waals surface area contributed by atoms with Gasteiger partial charge in [0.05, 0.1) is 21.0 Å². The van der Waals surface area contributed by atoms with Crippen molar-refractivity contribution < 1.29 is 19.5 Å².